The largest absolute Gasteiger partial charge is 0.466 e. The van der Waals surface area contributed by atoms with Crippen molar-refractivity contribution in [1.82, 2.24) is 0 Å². The molecule has 150 valence electrons. The molecule has 3 atom stereocenters. The van der Waals surface area contributed by atoms with E-state index < -0.39 is 11.9 Å². The Kier molecular flexibility index (Phi) is 6.66. The lowest BCUT2D eigenvalue weighted by Gasteiger charge is -2.54. The van der Waals surface area contributed by atoms with Crippen LogP contribution in [0.1, 0.15) is 59.8 Å². The molecule has 0 bridgehead atoms. The summed E-state index contributed by atoms with van der Waals surface area (Å²) in [6.45, 7) is 8.19. The minimum absolute atomic E-state index is 0.0484. The van der Waals surface area contributed by atoms with Gasteiger partial charge in [-0.25, -0.2) is 4.79 Å². The molecule has 0 N–H and O–H groups in total. The Morgan fingerprint density at radius 3 is 2.59 bits per heavy atom. The standard InChI is InChI=1S/C22H32O5/c1-15(23)27-14-16(13-20(25)26-5)7-8-17-18(24)9-10-19-21(2,3)11-6-12-22(17,19)4/h9-10,13,17,19H,6-8,11-12,14H2,1-5H3. The lowest BCUT2D eigenvalue weighted by Crippen LogP contribution is -2.49. The van der Waals surface area contributed by atoms with Crippen molar-refractivity contribution < 1.29 is 23.9 Å². The number of ether oxygens (including phenoxy) is 2. The van der Waals surface area contributed by atoms with E-state index in [4.69, 9.17) is 9.47 Å². The van der Waals surface area contributed by atoms with Crippen molar-refractivity contribution in [2.24, 2.45) is 22.7 Å². The molecule has 2 aliphatic carbocycles. The van der Waals surface area contributed by atoms with Crippen LogP contribution in [-0.2, 0) is 23.9 Å². The lowest BCUT2D eigenvalue weighted by molar-refractivity contribution is -0.140. The zero-order valence-electron chi connectivity index (χ0n) is 17.2. The first-order valence-electron chi connectivity index (χ1n) is 9.73. The second-order valence-corrected chi connectivity index (χ2v) is 8.78. The van der Waals surface area contributed by atoms with Crippen LogP contribution in [0.4, 0.5) is 0 Å². The second-order valence-electron chi connectivity index (χ2n) is 8.78. The van der Waals surface area contributed by atoms with Gasteiger partial charge in [0.1, 0.15) is 6.61 Å². The molecule has 1 fully saturated rings. The van der Waals surface area contributed by atoms with Gasteiger partial charge in [0, 0.05) is 18.9 Å². The minimum Gasteiger partial charge on any atom is -0.466 e. The molecule has 0 saturated heterocycles. The summed E-state index contributed by atoms with van der Waals surface area (Å²) in [6, 6.07) is 0. The van der Waals surface area contributed by atoms with E-state index in [0.29, 0.717) is 24.3 Å². The summed E-state index contributed by atoms with van der Waals surface area (Å²) >= 11 is 0. The number of ketones is 1. The fraction of sp³-hybridized carbons (Fsp3) is 0.682. The SMILES string of the molecule is COC(=O)C=C(CCC1C(=O)C=CC2C(C)(C)CCCC12C)COC(C)=O. The maximum Gasteiger partial charge on any atom is 0.330 e. The van der Waals surface area contributed by atoms with Crippen LogP contribution in [0.2, 0.25) is 0 Å². The fourth-order valence-electron chi connectivity index (χ4n) is 5.04. The van der Waals surface area contributed by atoms with Gasteiger partial charge in [0.15, 0.2) is 5.78 Å². The molecule has 5 heteroatoms. The summed E-state index contributed by atoms with van der Waals surface area (Å²) in [5.41, 5.74) is 0.769. The van der Waals surface area contributed by atoms with E-state index in [1.165, 1.54) is 26.5 Å². The predicted molar refractivity (Wildman–Crippen MR) is 103 cm³/mol. The molecule has 0 aromatic carbocycles. The zero-order valence-corrected chi connectivity index (χ0v) is 17.2. The predicted octanol–water partition coefficient (Wildman–Crippen LogP) is 4.02. The smallest absolute Gasteiger partial charge is 0.330 e. The first-order chi connectivity index (χ1) is 12.6. The van der Waals surface area contributed by atoms with Crippen LogP contribution in [0.3, 0.4) is 0 Å². The van der Waals surface area contributed by atoms with Gasteiger partial charge in [-0.1, -0.05) is 33.3 Å². The van der Waals surface area contributed by atoms with E-state index in [2.05, 4.69) is 26.8 Å². The number of carbonyl (C=O) groups excluding carboxylic acids is 3. The van der Waals surface area contributed by atoms with Crippen molar-refractivity contribution >= 4 is 17.7 Å². The van der Waals surface area contributed by atoms with Crippen molar-refractivity contribution in [2.75, 3.05) is 13.7 Å². The fourth-order valence-corrected chi connectivity index (χ4v) is 5.04. The number of fused-ring (bicyclic) bond motifs is 1. The summed E-state index contributed by atoms with van der Waals surface area (Å²) in [4.78, 5) is 35.5. The first-order valence-corrected chi connectivity index (χ1v) is 9.73. The summed E-state index contributed by atoms with van der Waals surface area (Å²) in [6.07, 6.45) is 9.71. The summed E-state index contributed by atoms with van der Waals surface area (Å²) in [5, 5.41) is 0. The highest BCUT2D eigenvalue weighted by molar-refractivity contribution is 5.93. The van der Waals surface area contributed by atoms with Crippen LogP contribution in [-0.4, -0.2) is 31.4 Å². The monoisotopic (exact) mass is 376 g/mol. The zero-order chi connectivity index (χ0) is 20.2. The molecule has 0 aliphatic heterocycles. The van der Waals surface area contributed by atoms with Gasteiger partial charge in [0.2, 0.25) is 0 Å². The normalized spacial score (nSPS) is 29.8. The van der Waals surface area contributed by atoms with Crippen LogP contribution >= 0.6 is 0 Å². The molecule has 2 rings (SSSR count). The molecule has 0 heterocycles. The van der Waals surface area contributed by atoms with E-state index in [0.717, 1.165) is 12.8 Å². The van der Waals surface area contributed by atoms with Gasteiger partial charge in [-0.05, 0) is 54.1 Å². The molecule has 0 amide bonds. The van der Waals surface area contributed by atoms with Crippen molar-refractivity contribution in [3.63, 3.8) is 0 Å². The molecule has 0 spiro atoms. The molecule has 0 aromatic heterocycles. The third kappa shape index (κ3) is 4.88. The van der Waals surface area contributed by atoms with Crippen LogP contribution in [0.15, 0.2) is 23.8 Å². The third-order valence-corrected chi connectivity index (χ3v) is 6.42. The van der Waals surface area contributed by atoms with Gasteiger partial charge in [-0.2, -0.15) is 0 Å². The number of carbonyl (C=O) groups is 3. The first kappa shape index (κ1) is 21.4. The van der Waals surface area contributed by atoms with Crippen LogP contribution in [0.25, 0.3) is 0 Å². The van der Waals surface area contributed by atoms with Crippen molar-refractivity contribution in [3.05, 3.63) is 23.8 Å². The lowest BCUT2D eigenvalue weighted by atomic mass is 9.49. The number of esters is 2. The maximum atomic E-state index is 12.7. The Labute approximate surface area is 162 Å². The Balaban J connectivity index is 2.19. The van der Waals surface area contributed by atoms with Crippen LogP contribution < -0.4 is 0 Å². The Morgan fingerprint density at radius 1 is 1.26 bits per heavy atom. The third-order valence-electron chi connectivity index (χ3n) is 6.42. The maximum absolute atomic E-state index is 12.7. The van der Waals surface area contributed by atoms with Gasteiger partial charge in [0.25, 0.3) is 0 Å². The Hall–Kier alpha value is -1.91. The Bertz CT molecular complexity index is 658. The highest BCUT2D eigenvalue weighted by Crippen LogP contribution is 2.58. The highest BCUT2D eigenvalue weighted by atomic mass is 16.5. The molecule has 5 nitrogen and oxygen atoms in total. The van der Waals surface area contributed by atoms with Gasteiger partial charge in [0.05, 0.1) is 7.11 Å². The van der Waals surface area contributed by atoms with Crippen LogP contribution in [0.5, 0.6) is 0 Å². The molecule has 1 saturated carbocycles. The van der Waals surface area contributed by atoms with Crippen molar-refractivity contribution in [3.8, 4) is 0 Å². The number of hydrogen-bond donors (Lipinski definition) is 0. The summed E-state index contributed by atoms with van der Waals surface area (Å²) < 4.78 is 9.77. The van der Waals surface area contributed by atoms with Gasteiger partial charge >= 0.3 is 11.9 Å². The van der Waals surface area contributed by atoms with Gasteiger partial charge in [-0.15, -0.1) is 0 Å². The molecule has 0 radical (unpaired) electrons. The average molecular weight is 376 g/mol. The van der Waals surface area contributed by atoms with E-state index in [1.807, 2.05) is 0 Å². The molecule has 0 aromatic rings. The topological polar surface area (TPSA) is 69.7 Å². The number of rotatable bonds is 6. The number of methoxy groups -OCH3 is 1. The van der Waals surface area contributed by atoms with E-state index in [1.54, 1.807) is 6.08 Å². The van der Waals surface area contributed by atoms with E-state index >= 15 is 0 Å². The van der Waals surface area contributed by atoms with Gasteiger partial charge < -0.3 is 9.47 Å². The molecule has 27 heavy (non-hydrogen) atoms. The van der Waals surface area contributed by atoms with E-state index in [-0.39, 0.29) is 29.1 Å². The molecule has 2 aliphatic rings. The minimum atomic E-state index is -0.477. The van der Waals surface area contributed by atoms with Crippen molar-refractivity contribution in [1.29, 1.82) is 0 Å². The molecule has 3 unspecified atom stereocenters. The molecular weight excluding hydrogens is 344 g/mol. The number of allylic oxidation sites excluding steroid dienone is 2. The molecular formula is C22H32O5. The Morgan fingerprint density at radius 2 is 1.96 bits per heavy atom. The van der Waals surface area contributed by atoms with E-state index in [9.17, 15) is 14.4 Å². The summed E-state index contributed by atoms with van der Waals surface area (Å²) in [5.74, 6) is -0.442. The quantitative estimate of drug-likeness (QED) is 0.517. The van der Waals surface area contributed by atoms with Crippen molar-refractivity contribution in [2.45, 2.75) is 59.8 Å². The number of hydrogen-bond acceptors (Lipinski definition) is 5. The highest BCUT2D eigenvalue weighted by Gasteiger charge is 2.52. The second kappa shape index (κ2) is 8.41. The summed E-state index contributed by atoms with van der Waals surface area (Å²) in [7, 11) is 1.31. The van der Waals surface area contributed by atoms with Gasteiger partial charge in [-0.3, -0.25) is 9.59 Å². The van der Waals surface area contributed by atoms with Crippen LogP contribution in [0, 0.1) is 22.7 Å². The average Bonchev–Trinajstić information content (AvgIpc) is 2.57.